The molecule has 1 aromatic heterocycles. The molecule has 21 heavy (non-hydrogen) atoms. The first-order valence-corrected chi connectivity index (χ1v) is 8.34. The highest BCUT2D eigenvalue weighted by molar-refractivity contribution is 7.13. The van der Waals surface area contributed by atoms with E-state index in [1.807, 2.05) is 0 Å². The van der Waals surface area contributed by atoms with Gasteiger partial charge in [-0.05, 0) is 19.3 Å². The molecule has 0 radical (unpaired) electrons. The smallest absolute Gasteiger partial charge is 0.123 e. The quantitative estimate of drug-likeness (QED) is 0.821. The molecule has 1 aromatic carbocycles. The third-order valence-corrected chi connectivity index (χ3v) is 4.58. The number of benzene rings is 1. The van der Waals surface area contributed by atoms with Gasteiger partial charge in [-0.1, -0.05) is 43.7 Å². The lowest BCUT2D eigenvalue weighted by molar-refractivity contribution is 0.243. The Labute approximate surface area is 131 Å². The van der Waals surface area contributed by atoms with Crippen molar-refractivity contribution in [2.45, 2.75) is 39.8 Å². The second kappa shape index (κ2) is 7.69. The molecule has 0 saturated heterocycles. The first kappa shape index (κ1) is 16.1. The number of aliphatic hydroxyl groups is 1. The number of rotatable bonds is 7. The minimum Gasteiger partial charge on any atom is -0.396 e. The van der Waals surface area contributed by atoms with Crippen LogP contribution in [-0.4, -0.2) is 22.7 Å². The normalized spacial score (nSPS) is 12.8. The van der Waals surface area contributed by atoms with Gasteiger partial charge in [0, 0.05) is 30.1 Å². The number of hydrogen-bond donors (Lipinski definition) is 2. The maximum absolute atomic E-state index is 9.10. The van der Waals surface area contributed by atoms with Crippen LogP contribution in [0.5, 0.6) is 0 Å². The Bertz CT molecular complexity index is 548. The molecule has 0 bridgehead atoms. The lowest BCUT2D eigenvalue weighted by Gasteiger charge is -2.20. The van der Waals surface area contributed by atoms with Crippen LogP contribution in [0.25, 0.3) is 10.6 Å². The molecule has 2 rings (SSSR count). The molecule has 0 fully saturated rings. The van der Waals surface area contributed by atoms with Gasteiger partial charge in [0.1, 0.15) is 5.01 Å². The molecule has 3 nitrogen and oxygen atoms in total. The third kappa shape index (κ3) is 4.63. The SMILES string of the molecule is Cc1ccc(-c2nc(CNC(CCO)C(C)C)cs2)cc1. The average molecular weight is 304 g/mol. The highest BCUT2D eigenvalue weighted by atomic mass is 32.1. The van der Waals surface area contributed by atoms with E-state index < -0.39 is 0 Å². The van der Waals surface area contributed by atoms with E-state index in [1.165, 1.54) is 11.1 Å². The molecule has 0 aliphatic carbocycles. The van der Waals surface area contributed by atoms with Gasteiger partial charge >= 0.3 is 0 Å². The van der Waals surface area contributed by atoms with Crippen molar-refractivity contribution in [3.8, 4) is 10.6 Å². The van der Waals surface area contributed by atoms with Crippen LogP contribution < -0.4 is 5.32 Å². The highest BCUT2D eigenvalue weighted by Gasteiger charge is 2.13. The lowest BCUT2D eigenvalue weighted by atomic mass is 10.0. The van der Waals surface area contributed by atoms with Crippen molar-refractivity contribution in [1.29, 1.82) is 0 Å². The van der Waals surface area contributed by atoms with Crippen molar-refractivity contribution in [2.24, 2.45) is 5.92 Å². The number of nitrogens with one attached hydrogen (secondary N) is 1. The van der Waals surface area contributed by atoms with Gasteiger partial charge in [-0.3, -0.25) is 0 Å². The van der Waals surface area contributed by atoms with Crippen molar-refractivity contribution in [1.82, 2.24) is 10.3 Å². The van der Waals surface area contributed by atoms with Crippen LogP contribution in [0.15, 0.2) is 29.6 Å². The minimum atomic E-state index is 0.224. The van der Waals surface area contributed by atoms with E-state index in [4.69, 9.17) is 10.1 Å². The molecule has 1 heterocycles. The van der Waals surface area contributed by atoms with Crippen LogP contribution in [0.4, 0.5) is 0 Å². The summed E-state index contributed by atoms with van der Waals surface area (Å²) in [5.41, 5.74) is 3.51. The van der Waals surface area contributed by atoms with Crippen LogP contribution >= 0.6 is 11.3 Å². The molecular formula is C17H24N2OS. The maximum Gasteiger partial charge on any atom is 0.123 e. The zero-order chi connectivity index (χ0) is 15.2. The second-order valence-electron chi connectivity index (χ2n) is 5.75. The van der Waals surface area contributed by atoms with E-state index in [-0.39, 0.29) is 6.61 Å². The minimum absolute atomic E-state index is 0.224. The largest absolute Gasteiger partial charge is 0.396 e. The van der Waals surface area contributed by atoms with Crippen molar-refractivity contribution in [2.75, 3.05) is 6.61 Å². The van der Waals surface area contributed by atoms with Gasteiger partial charge < -0.3 is 10.4 Å². The number of nitrogens with zero attached hydrogens (tertiary/aromatic N) is 1. The predicted molar refractivity (Wildman–Crippen MR) is 89.5 cm³/mol. The third-order valence-electron chi connectivity index (χ3n) is 3.64. The Balaban J connectivity index is 1.98. The lowest BCUT2D eigenvalue weighted by Crippen LogP contribution is -2.34. The first-order chi connectivity index (χ1) is 10.1. The zero-order valence-electron chi connectivity index (χ0n) is 13.0. The Kier molecular flexibility index (Phi) is 5.91. The van der Waals surface area contributed by atoms with Crippen LogP contribution in [0, 0.1) is 12.8 Å². The molecule has 0 amide bonds. The van der Waals surface area contributed by atoms with Crippen molar-refractivity contribution in [3.63, 3.8) is 0 Å². The molecule has 0 aliphatic rings. The van der Waals surface area contributed by atoms with Crippen LogP contribution in [-0.2, 0) is 6.54 Å². The summed E-state index contributed by atoms with van der Waals surface area (Å²) in [6.07, 6.45) is 0.784. The van der Waals surface area contributed by atoms with Crippen LogP contribution in [0.3, 0.4) is 0 Å². The van der Waals surface area contributed by atoms with Gasteiger partial charge in [-0.25, -0.2) is 4.98 Å². The Morgan fingerprint density at radius 3 is 2.57 bits per heavy atom. The number of hydrogen-bond acceptors (Lipinski definition) is 4. The maximum atomic E-state index is 9.10. The summed E-state index contributed by atoms with van der Waals surface area (Å²) in [6, 6.07) is 8.80. The Morgan fingerprint density at radius 1 is 1.24 bits per heavy atom. The monoisotopic (exact) mass is 304 g/mol. The predicted octanol–water partition coefficient (Wildman–Crippen LogP) is 3.62. The number of thiazole rings is 1. The molecule has 114 valence electrons. The van der Waals surface area contributed by atoms with Crippen molar-refractivity contribution < 1.29 is 5.11 Å². The summed E-state index contributed by atoms with van der Waals surface area (Å²) < 4.78 is 0. The number of aromatic nitrogens is 1. The van der Waals surface area contributed by atoms with E-state index in [0.717, 1.165) is 23.7 Å². The summed E-state index contributed by atoms with van der Waals surface area (Å²) in [5.74, 6) is 0.507. The van der Waals surface area contributed by atoms with E-state index in [0.29, 0.717) is 12.0 Å². The topological polar surface area (TPSA) is 45.2 Å². The van der Waals surface area contributed by atoms with Gasteiger partial charge in [-0.2, -0.15) is 0 Å². The average Bonchev–Trinajstić information content (AvgIpc) is 2.92. The second-order valence-corrected chi connectivity index (χ2v) is 6.61. The molecule has 2 N–H and O–H groups in total. The first-order valence-electron chi connectivity index (χ1n) is 7.46. The molecule has 2 aromatic rings. The molecule has 4 heteroatoms. The Hall–Kier alpha value is -1.23. The van der Waals surface area contributed by atoms with E-state index in [9.17, 15) is 0 Å². The van der Waals surface area contributed by atoms with Gasteiger partial charge in [0.25, 0.3) is 0 Å². The van der Waals surface area contributed by atoms with Gasteiger partial charge in [0.05, 0.1) is 5.69 Å². The Morgan fingerprint density at radius 2 is 1.95 bits per heavy atom. The zero-order valence-corrected chi connectivity index (χ0v) is 13.8. The summed E-state index contributed by atoms with van der Waals surface area (Å²) in [4.78, 5) is 4.70. The standard InChI is InChI=1S/C17H24N2OS/c1-12(2)16(8-9-20)18-10-15-11-21-17(19-15)14-6-4-13(3)5-7-14/h4-7,11-12,16,18,20H,8-10H2,1-3H3. The van der Waals surface area contributed by atoms with E-state index in [1.54, 1.807) is 11.3 Å². The van der Waals surface area contributed by atoms with Crippen LogP contribution in [0.2, 0.25) is 0 Å². The number of aryl methyl sites for hydroxylation is 1. The molecule has 0 saturated carbocycles. The van der Waals surface area contributed by atoms with Crippen LogP contribution in [0.1, 0.15) is 31.5 Å². The van der Waals surface area contributed by atoms with E-state index in [2.05, 4.69) is 55.7 Å². The molecule has 1 unspecified atom stereocenters. The summed E-state index contributed by atoms with van der Waals surface area (Å²) in [7, 11) is 0. The molecule has 0 aliphatic heterocycles. The fraction of sp³-hybridized carbons (Fsp3) is 0.471. The molecule has 0 spiro atoms. The highest BCUT2D eigenvalue weighted by Crippen LogP contribution is 2.24. The fourth-order valence-corrected chi connectivity index (χ4v) is 3.09. The van der Waals surface area contributed by atoms with Gasteiger partial charge in [0.2, 0.25) is 0 Å². The van der Waals surface area contributed by atoms with Gasteiger partial charge in [-0.15, -0.1) is 11.3 Å². The summed E-state index contributed by atoms with van der Waals surface area (Å²) in [5, 5.41) is 15.8. The van der Waals surface area contributed by atoms with Gasteiger partial charge in [0.15, 0.2) is 0 Å². The summed E-state index contributed by atoms with van der Waals surface area (Å²) >= 11 is 1.68. The van der Waals surface area contributed by atoms with Crippen molar-refractivity contribution >= 4 is 11.3 Å². The molecule has 1 atom stereocenters. The molecular weight excluding hydrogens is 280 g/mol. The van der Waals surface area contributed by atoms with Crippen molar-refractivity contribution in [3.05, 3.63) is 40.9 Å². The van der Waals surface area contributed by atoms with E-state index >= 15 is 0 Å². The summed E-state index contributed by atoms with van der Waals surface area (Å²) in [6.45, 7) is 7.42. The number of aliphatic hydroxyl groups excluding tert-OH is 1. The fourth-order valence-electron chi connectivity index (χ4n) is 2.26.